The van der Waals surface area contributed by atoms with E-state index in [0.717, 1.165) is 31.9 Å². The van der Waals surface area contributed by atoms with E-state index in [4.69, 9.17) is 4.74 Å². The Bertz CT molecular complexity index is 1110. The van der Waals surface area contributed by atoms with E-state index in [1.54, 1.807) is 0 Å². The second kappa shape index (κ2) is 8.78. The van der Waals surface area contributed by atoms with Gasteiger partial charge in [-0.2, -0.15) is 5.26 Å². The largest absolute Gasteiger partial charge is 0.481 e. The topological polar surface area (TPSA) is 62.0 Å². The van der Waals surface area contributed by atoms with Gasteiger partial charge in [-0.15, -0.1) is 0 Å². The van der Waals surface area contributed by atoms with Gasteiger partial charge in [-0.1, -0.05) is 30.3 Å². The Morgan fingerprint density at radius 2 is 1.84 bits per heavy atom. The van der Waals surface area contributed by atoms with E-state index < -0.39 is 17.0 Å². The van der Waals surface area contributed by atoms with Crippen molar-refractivity contribution in [1.29, 1.82) is 5.26 Å². The Labute approximate surface area is 179 Å². The minimum absolute atomic E-state index is 0.0535. The number of rotatable bonds is 5. The average Bonchev–Trinajstić information content (AvgIpc) is 2.80. The van der Waals surface area contributed by atoms with Crippen LogP contribution in [0.4, 0.5) is 8.78 Å². The number of likely N-dealkylation sites (tertiary alicyclic amines) is 1. The van der Waals surface area contributed by atoms with Gasteiger partial charge in [0.2, 0.25) is 5.88 Å². The van der Waals surface area contributed by atoms with Crippen molar-refractivity contribution < 1.29 is 13.5 Å². The summed E-state index contributed by atoms with van der Waals surface area (Å²) in [7, 11) is 1.38. The van der Waals surface area contributed by atoms with Gasteiger partial charge in [0.15, 0.2) is 0 Å². The second-order valence-corrected chi connectivity index (χ2v) is 7.72. The first-order valence-electron chi connectivity index (χ1n) is 10.1. The van der Waals surface area contributed by atoms with E-state index in [1.165, 1.54) is 24.9 Å². The zero-order valence-electron chi connectivity index (χ0n) is 17.2. The Morgan fingerprint density at radius 1 is 1.10 bits per heavy atom. The van der Waals surface area contributed by atoms with Gasteiger partial charge in [0.25, 0.3) is 0 Å². The van der Waals surface area contributed by atoms with E-state index in [9.17, 15) is 9.65 Å². The molecular weight excluding hydrogens is 398 g/mol. The molecule has 31 heavy (non-hydrogen) atoms. The van der Waals surface area contributed by atoms with Crippen molar-refractivity contribution in [2.24, 2.45) is 0 Å². The predicted molar refractivity (Wildman–Crippen MR) is 112 cm³/mol. The third-order valence-corrected chi connectivity index (χ3v) is 5.83. The summed E-state index contributed by atoms with van der Waals surface area (Å²) in [6.45, 7) is 2.28. The van der Waals surface area contributed by atoms with Crippen LogP contribution in [0, 0.1) is 23.0 Å². The van der Waals surface area contributed by atoms with E-state index in [2.05, 4.69) is 33.1 Å². The van der Waals surface area contributed by atoms with Crippen molar-refractivity contribution in [3.63, 3.8) is 0 Å². The van der Waals surface area contributed by atoms with Crippen LogP contribution in [-0.4, -0.2) is 35.1 Å². The minimum Gasteiger partial charge on any atom is -0.481 e. The van der Waals surface area contributed by atoms with Crippen molar-refractivity contribution >= 4 is 0 Å². The molecule has 1 saturated heterocycles. The van der Waals surface area contributed by atoms with Crippen LogP contribution in [-0.2, 0) is 12.0 Å². The molecule has 0 saturated carbocycles. The summed E-state index contributed by atoms with van der Waals surface area (Å²) >= 11 is 0. The first-order valence-corrected chi connectivity index (χ1v) is 10.1. The summed E-state index contributed by atoms with van der Waals surface area (Å²) in [5.41, 5.74) is 1.04. The number of hydrogen-bond acceptors (Lipinski definition) is 5. The highest BCUT2D eigenvalue weighted by molar-refractivity contribution is 5.65. The number of pyridine rings is 2. The number of ether oxygens (including phenoxy) is 1. The lowest BCUT2D eigenvalue weighted by Crippen LogP contribution is -2.41. The van der Waals surface area contributed by atoms with Crippen molar-refractivity contribution in [2.75, 3.05) is 20.2 Å². The molecule has 1 aromatic carbocycles. The third-order valence-electron chi connectivity index (χ3n) is 5.83. The summed E-state index contributed by atoms with van der Waals surface area (Å²) in [6.07, 6.45) is 3.69. The number of halogens is 2. The third kappa shape index (κ3) is 4.25. The molecule has 7 heteroatoms. The standard InChI is InChI=1S/C24H22F2N4O/c1-31-23-20(12-19(25)14-29-23)22-21(26)11-18(13-28-22)24(16-27)7-9-30(10-8-24)15-17-5-3-2-4-6-17/h2-6,11-14H,7-10,15H2,1H3. The lowest BCUT2D eigenvalue weighted by Gasteiger charge is -2.37. The molecule has 0 amide bonds. The van der Waals surface area contributed by atoms with E-state index in [1.807, 2.05) is 18.2 Å². The van der Waals surface area contributed by atoms with Crippen LogP contribution in [0.2, 0.25) is 0 Å². The van der Waals surface area contributed by atoms with Gasteiger partial charge < -0.3 is 4.74 Å². The quantitative estimate of drug-likeness (QED) is 0.609. The normalized spacial score (nSPS) is 15.9. The van der Waals surface area contributed by atoms with E-state index in [-0.39, 0.29) is 17.1 Å². The molecule has 0 aliphatic carbocycles. The maximum atomic E-state index is 15.0. The number of nitrogens with zero attached hydrogens (tertiary/aromatic N) is 4. The van der Waals surface area contributed by atoms with E-state index in [0.29, 0.717) is 18.4 Å². The molecule has 4 rings (SSSR count). The maximum absolute atomic E-state index is 15.0. The number of hydrogen-bond donors (Lipinski definition) is 0. The SMILES string of the molecule is COc1ncc(F)cc1-c1ncc(C2(C#N)CCN(Cc3ccccc3)CC2)cc1F. The Balaban J connectivity index is 1.56. The number of benzene rings is 1. The van der Waals surface area contributed by atoms with Crippen LogP contribution in [0.3, 0.4) is 0 Å². The number of aromatic nitrogens is 2. The van der Waals surface area contributed by atoms with Crippen LogP contribution in [0.1, 0.15) is 24.0 Å². The fraction of sp³-hybridized carbons (Fsp3) is 0.292. The van der Waals surface area contributed by atoms with Gasteiger partial charge in [0.1, 0.15) is 17.3 Å². The van der Waals surface area contributed by atoms with Crippen LogP contribution in [0.25, 0.3) is 11.3 Å². The Kier molecular flexibility index (Phi) is 5.92. The lowest BCUT2D eigenvalue weighted by molar-refractivity contribution is 0.178. The number of piperidine rings is 1. The molecule has 3 aromatic rings. The molecule has 1 aliphatic rings. The van der Waals surface area contributed by atoms with Gasteiger partial charge >= 0.3 is 0 Å². The lowest BCUT2D eigenvalue weighted by atomic mass is 9.74. The highest BCUT2D eigenvalue weighted by atomic mass is 19.1. The van der Waals surface area contributed by atoms with Gasteiger partial charge in [-0.05, 0) is 36.1 Å². The molecule has 0 bridgehead atoms. The highest BCUT2D eigenvalue weighted by Crippen LogP contribution is 2.37. The highest BCUT2D eigenvalue weighted by Gasteiger charge is 2.37. The van der Waals surface area contributed by atoms with Crippen molar-refractivity contribution in [1.82, 2.24) is 14.9 Å². The molecular formula is C24H22F2N4O. The van der Waals surface area contributed by atoms with Gasteiger partial charge in [0, 0.05) is 25.8 Å². The van der Waals surface area contributed by atoms with Gasteiger partial charge in [0.05, 0.1) is 30.4 Å². The molecule has 3 heterocycles. The Morgan fingerprint density at radius 3 is 2.48 bits per heavy atom. The number of nitriles is 1. The Hall–Kier alpha value is -3.37. The van der Waals surface area contributed by atoms with E-state index >= 15 is 4.39 Å². The number of methoxy groups -OCH3 is 1. The monoisotopic (exact) mass is 420 g/mol. The summed E-state index contributed by atoms with van der Waals surface area (Å²) in [5, 5.41) is 9.97. The molecule has 1 fully saturated rings. The summed E-state index contributed by atoms with van der Waals surface area (Å²) < 4.78 is 33.8. The van der Waals surface area contributed by atoms with Crippen molar-refractivity contribution in [3.8, 4) is 23.2 Å². The molecule has 158 valence electrons. The van der Waals surface area contributed by atoms with Crippen molar-refractivity contribution in [3.05, 3.63) is 77.6 Å². The molecule has 0 N–H and O–H groups in total. The predicted octanol–water partition coefficient (Wildman–Crippen LogP) is 4.49. The minimum atomic E-state index is -0.802. The summed E-state index contributed by atoms with van der Waals surface area (Å²) in [6, 6.07) is 15.1. The first-order chi connectivity index (χ1) is 15.0. The van der Waals surface area contributed by atoms with Crippen molar-refractivity contribution in [2.45, 2.75) is 24.8 Å². The van der Waals surface area contributed by atoms with Crippen LogP contribution >= 0.6 is 0 Å². The summed E-state index contributed by atoms with van der Waals surface area (Å²) in [5.74, 6) is -1.16. The first kappa shape index (κ1) is 20.9. The van der Waals surface area contributed by atoms with Crippen LogP contribution in [0.15, 0.2) is 54.9 Å². The smallest absolute Gasteiger partial charge is 0.222 e. The molecule has 0 spiro atoms. The molecule has 0 atom stereocenters. The molecule has 5 nitrogen and oxygen atoms in total. The average molecular weight is 420 g/mol. The van der Waals surface area contributed by atoms with Gasteiger partial charge in [-0.25, -0.2) is 13.8 Å². The molecule has 0 radical (unpaired) electrons. The molecule has 0 unspecified atom stereocenters. The van der Waals surface area contributed by atoms with Crippen LogP contribution in [0.5, 0.6) is 5.88 Å². The summed E-state index contributed by atoms with van der Waals surface area (Å²) in [4.78, 5) is 10.4. The fourth-order valence-electron chi connectivity index (χ4n) is 4.06. The zero-order chi connectivity index (χ0) is 21.8. The maximum Gasteiger partial charge on any atom is 0.222 e. The second-order valence-electron chi connectivity index (χ2n) is 7.72. The van der Waals surface area contributed by atoms with Crippen LogP contribution < -0.4 is 4.74 Å². The molecule has 2 aromatic heterocycles. The fourth-order valence-corrected chi connectivity index (χ4v) is 4.06. The zero-order valence-corrected chi connectivity index (χ0v) is 17.2. The van der Waals surface area contributed by atoms with Gasteiger partial charge in [-0.3, -0.25) is 9.88 Å². The molecule has 1 aliphatic heterocycles.